The highest BCUT2D eigenvalue weighted by atomic mass is 35.5. The van der Waals surface area contributed by atoms with Crippen LogP contribution < -0.4 is 0 Å². The monoisotopic (exact) mass is 329 g/mol. The van der Waals surface area contributed by atoms with Gasteiger partial charge in [0.25, 0.3) is 0 Å². The smallest absolute Gasteiger partial charge is 0.232 e. The van der Waals surface area contributed by atoms with Crippen LogP contribution in [0.4, 0.5) is 0 Å². The molecule has 1 aliphatic rings. The SMILES string of the molecule is CC1COC(CO)CN1C(=O)CSCc1cccc(Cl)c1. The topological polar surface area (TPSA) is 49.8 Å². The Kier molecular flexibility index (Phi) is 6.36. The first-order chi connectivity index (χ1) is 10.1. The number of aliphatic hydroxyl groups is 1. The lowest BCUT2D eigenvalue weighted by Crippen LogP contribution is -2.52. The van der Waals surface area contributed by atoms with Gasteiger partial charge in [0.15, 0.2) is 0 Å². The molecule has 1 aromatic carbocycles. The summed E-state index contributed by atoms with van der Waals surface area (Å²) in [4.78, 5) is 14.1. The van der Waals surface area contributed by atoms with Gasteiger partial charge < -0.3 is 14.7 Å². The highest BCUT2D eigenvalue weighted by Crippen LogP contribution is 2.18. The Morgan fingerprint density at radius 1 is 1.57 bits per heavy atom. The molecule has 1 amide bonds. The third kappa shape index (κ3) is 4.88. The number of thioether (sulfide) groups is 1. The third-order valence-electron chi connectivity index (χ3n) is 3.41. The van der Waals surface area contributed by atoms with E-state index in [0.29, 0.717) is 23.9 Å². The first kappa shape index (κ1) is 16.6. The number of rotatable bonds is 5. The Morgan fingerprint density at radius 2 is 2.38 bits per heavy atom. The van der Waals surface area contributed by atoms with Crippen molar-refractivity contribution >= 4 is 29.3 Å². The van der Waals surface area contributed by atoms with E-state index in [1.54, 1.807) is 16.7 Å². The number of amides is 1. The molecule has 0 spiro atoms. The fourth-order valence-corrected chi connectivity index (χ4v) is 3.31. The van der Waals surface area contributed by atoms with Crippen LogP contribution in [-0.4, -0.2) is 53.6 Å². The Bertz CT molecular complexity index is 486. The fourth-order valence-electron chi connectivity index (χ4n) is 2.24. The number of benzene rings is 1. The van der Waals surface area contributed by atoms with Crippen molar-refractivity contribution in [1.29, 1.82) is 0 Å². The second kappa shape index (κ2) is 8.03. The maximum atomic E-state index is 12.3. The van der Waals surface area contributed by atoms with Crippen molar-refractivity contribution in [1.82, 2.24) is 4.90 Å². The molecule has 0 saturated carbocycles. The standard InChI is InChI=1S/C15H20ClNO3S/c1-11-8-20-14(7-18)6-17(11)15(19)10-21-9-12-3-2-4-13(16)5-12/h2-5,11,14,18H,6-10H2,1H3. The minimum atomic E-state index is -0.261. The number of carbonyl (C=O) groups is 1. The Hall–Kier alpha value is -0.750. The lowest BCUT2D eigenvalue weighted by molar-refractivity contribution is -0.143. The second-order valence-electron chi connectivity index (χ2n) is 5.16. The molecular formula is C15H20ClNO3S. The number of aliphatic hydroxyl groups excluding tert-OH is 1. The highest BCUT2D eigenvalue weighted by molar-refractivity contribution is 7.99. The van der Waals surface area contributed by atoms with Gasteiger partial charge in [-0.25, -0.2) is 0 Å². The molecule has 1 N–H and O–H groups in total. The molecule has 6 heteroatoms. The van der Waals surface area contributed by atoms with Crippen molar-refractivity contribution in [3.63, 3.8) is 0 Å². The molecule has 2 unspecified atom stereocenters. The lowest BCUT2D eigenvalue weighted by Gasteiger charge is -2.37. The van der Waals surface area contributed by atoms with E-state index in [1.807, 2.05) is 31.2 Å². The molecule has 0 bridgehead atoms. The van der Waals surface area contributed by atoms with Crippen LogP contribution in [0.15, 0.2) is 24.3 Å². The summed E-state index contributed by atoms with van der Waals surface area (Å²) in [6.45, 7) is 2.86. The molecule has 1 aliphatic heterocycles. The quantitative estimate of drug-likeness (QED) is 0.899. The Balaban J connectivity index is 1.81. The average molecular weight is 330 g/mol. The van der Waals surface area contributed by atoms with Gasteiger partial charge in [-0.1, -0.05) is 23.7 Å². The summed E-state index contributed by atoms with van der Waals surface area (Å²) >= 11 is 7.51. The van der Waals surface area contributed by atoms with E-state index in [1.165, 1.54) is 0 Å². The van der Waals surface area contributed by atoms with Crippen molar-refractivity contribution in [3.8, 4) is 0 Å². The van der Waals surface area contributed by atoms with Crippen molar-refractivity contribution in [2.45, 2.75) is 24.8 Å². The van der Waals surface area contributed by atoms with Crippen LogP contribution in [0, 0.1) is 0 Å². The molecule has 1 heterocycles. The van der Waals surface area contributed by atoms with Crippen LogP contribution in [0.5, 0.6) is 0 Å². The summed E-state index contributed by atoms with van der Waals surface area (Å²) in [6.07, 6.45) is -0.261. The summed E-state index contributed by atoms with van der Waals surface area (Å²) in [5.41, 5.74) is 1.11. The molecule has 0 aromatic heterocycles. The number of carbonyl (C=O) groups excluding carboxylic acids is 1. The summed E-state index contributed by atoms with van der Waals surface area (Å²) < 4.78 is 5.44. The lowest BCUT2D eigenvalue weighted by atomic mass is 10.2. The number of morpholine rings is 1. The first-order valence-electron chi connectivity index (χ1n) is 6.94. The van der Waals surface area contributed by atoms with Gasteiger partial charge in [-0.3, -0.25) is 4.79 Å². The fraction of sp³-hybridized carbons (Fsp3) is 0.533. The van der Waals surface area contributed by atoms with E-state index in [4.69, 9.17) is 21.4 Å². The molecule has 2 atom stereocenters. The maximum absolute atomic E-state index is 12.3. The van der Waals surface area contributed by atoms with Gasteiger partial charge in [0, 0.05) is 17.3 Å². The number of hydrogen-bond acceptors (Lipinski definition) is 4. The van der Waals surface area contributed by atoms with E-state index in [2.05, 4.69) is 0 Å². The van der Waals surface area contributed by atoms with Gasteiger partial charge in [0.2, 0.25) is 5.91 Å². The minimum Gasteiger partial charge on any atom is -0.394 e. The predicted octanol–water partition coefficient (Wildman–Crippen LogP) is 2.18. The molecule has 21 heavy (non-hydrogen) atoms. The van der Waals surface area contributed by atoms with Crippen LogP contribution >= 0.6 is 23.4 Å². The van der Waals surface area contributed by atoms with Gasteiger partial charge in [-0.2, -0.15) is 0 Å². The van der Waals surface area contributed by atoms with Gasteiger partial charge in [0.05, 0.1) is 31.1 Å². The molecule has 4 nitrogen and oxygen atoms in total. The average Bonchev–Trinajstić information content (AvgIpc) is 2.47. The van der Waals surface area contributed by atoms with Crippen LogP contribution in [0.1, 0.15) is 12.5 Å². The first-order valence-corrected chi connectivity index (χ1v) is 8.47. The number of ether oxygens (including phenoxy) is 1. The van der Waals surface area contributed by atoms with E-state index in [-0.39, 0.29) is 24.7 Å². The van der Waals surface area contributed by atoms with Gasteiger partial charge in [0.1, 0.15) is 0 Å². The van der Waals surface area contributed by atoms with E-state index in [9.17, 15) is 4.79 Å². The second-order valence-corrected chi connectivity index (χ2v) is 6.58. The molecule has 1 fully saturated rings. The Morgan fingerprint density at radius 3 is 3.10 bits per heavy atom. The zero-order valence-electron chi connectivity index (χ0n) is 12.0. The van der Waals surface area contributed by atoms with Crippen LogP contribution in [0.25, 0.3) is 0 Å². The maximum Gasteiger partial charge on any atom is 0.232 e. The number of nitrogens with zero attached hydrogens (tertiary/aromatic N) is 1. The molecule has 0 aliphatic carbocycles. The van der Waals surface area contributed by atoms with Gasteiger partial charge in [-0.15, -0.1) is 11.8 Å². The molecule has 1 saturated heterocycles. The summed E-state index contributed by atoms with van der Waals surface area (Å²) in [5.74, 6) is 1.28. The minimum absolute atomic E-state index is 0.0494. The third-order valence-corrected chi connectivity index (χ3v) is 4.64. The number of halogens is 1. The van der Waals surface area contributed by atoms with Gasteiger partial charge in [-0.05, 0) is 24.6 Å². The molecule has 0 radical (unpaired) electrons. The summed E-state index contributed by atoms with van der Waals surface area (Å²) in [7, 11) is 0. The van der Waals surface area contributed by atoms with E-state index < -0.39 is 0 Å². The van der Waals surface area contributed by atoms with Crippen molar-refractivity contribution < 1.29 is 14.6 Å². The zero-order valence-corrected chi connectivity index (χ0v) is 13.6. The normalized spacial score (nSPS) is 22.3. The number of hydrogen-bond donors (Lipinski definition) is 1. The van der Waals surface area contributed by atoms with E-state index >= 15 is 0 Å². The van der Waals surface area contributed by atoms with E-state index in [0.717, 1.165) is 11.3 Å². The predicted molar refractivity (Wildman–Crippen MR) is 85.6 cm³/mol. The largest absolute Gasteiger partial charge is 0.394 e. The van der Waals surface area contributed by atoms with Gasteiger partial charge >= 0.3 is 0 Å². The highest BCUT2D eigenvalue weighted by Gasteiger charge is 2.28. The van der Waals surface area contributed by atoms with Crippen molar-refractivity contribution in [2.24, 2.45) is 0 Å². The van der Waals surface area contributed by atoms with Crippen LogP contribution in [-0.2, 0) is 15.3 Å². The zero-order chi connectivity index (χ0) is 15.2. The van der Waals surface area contributed by atoms with Crippen LogP contribution in [0.3, 0.4) is 0 Å². The van der Waals surface area contributed by atoms with Crippen molar-refractivity contribution in [3.05, 3.63) is 34.9 Å². The van der Waals surface area contributed by atoms with Crippen molar-refractivity contribution in [2.75, 3.05) is 25.5 Å². The molecule has 116 valence electrons. The van der Waals surface area contributed by atoms with Crippen LogP contribution in [0.2, 0.25) is 5.02 Å². The molecule has 1 aromatic rings. The summed E-state index contributed by atoms with van der Waals surface area (Å²) in [5, 5.41) is 9.86. The Labute approximate surface area is 134 Å². The molecular weight excluding hydrogens is 310 g/mol. The summed E-state index contributed by atoms with van der Waals surface area (Å²) in [6, 6.07) is 7.73. The molecule has 2 rings (SSSR count).